The number of benzene rings is 1. The van der Waals surface area contributed by atoms with E-state index in [4.69, 9.17) is 0 Å². The lowest BCUT2D eigenvalue weighted by atomic mass is 10.1. The topological polar surface area (TPSA) is 81.2 Å². The predicted molar refractivity (Wildman–Crippen MR) is 93.8 cm³/mol. The standard InChI is InChI=1S/C18H26N4O2/c1-22(12-13-6-4-9-16(13)23)18(24)19-11-5-10-17-20-14-7-2-3-8-15(14)21-17/h2-3,7-8,13,16,23H,4-6,9-12H2,1H3,(H,19,24)(H,20,21)/t13-,16+/m0/s1. The van der Waals surface area contributed by atoms with Gasteiger partial charge in [0.2, 0.25) is 0 Å². The van der Waals surface area contributed by atoms with Crippen molar-refractivity contribution in [1.29, 1.82) is 0 Å². The quantitative estimate of drug-likeness (QED) is 0.711. The highest BCUT2D eigenvalue weighted by Gasteiger charge is 2.27. The molecule has 1 aliphatic carbocycles. The molecular weight excluding hydrogens is 304 g/mol. The number of imidazole rings is 1. The number of urea groups is 1. The fraction of sp³-hybridized carbons (Fsp3) is 0.556. The molecule has 0 saturated heterocycles. The van der Waals surface area contributed by atoms with Crippen molar-refractivity contribution in [3.8, 4) is 0 Å². The smallest absolute Gasteiger partial charge is 0.317 e. The number of aromatic nitrogens is 2. The summed E-state index contributed by atoms with van der Waals surface area (Å²) in [5.74, 6) is 1.17. The fourth-order valence-electron chi connectivity index (χ4n) is 3.38. The van der Waals surface area contributed by atoms with Gasteiger partial charge in [-0.1, -0.05) is 18.6 Å². The van der Waals surface area contributed by atoms with Gasteiger partial charge in [0.1, 0.15) is 5.82 Å². The summed E-state index contributed by atoms with van der Waals surface area (Å²) in [5, 5.41) is 12.8. The largest absolute Gasteiger partial charge is 0.393 e. The normalized spacial score (nSPS) is 20.4. The van der Waals surface area contributed by atoms with Gasteiger partial charge in [0.15, 0.2) is 0 Å². The van der Waals surface area contributed by atoms with Crippen LogP contribution in [0, 0.1) is 5.92 Å². The number of amides is 2. The average Bonchev–Trinajstić information content (AvgIpc) is 3.17. The number of nitrogens with one attached hydrogen (secondary N) is 2. The second-order valence-corrected chi connectivity index (χ2v) is 6.67. The van der Waals surface area contributed by atoms with Gasteiger partial charge in [-0.15, -0.1) is 0 Å². The van der Waals surface area contributed by atoms with Crippen molar-refractivity contribution < 1.29 is 9.90 Å². The first-order valence-electron chi connectivity index (χ1n) is 8.74. The van der Waals surface area contributed by atoms with Crippen molar-refractivity contribution in [2.45, 2.75) is 38.2 Å². The van der Waals surface area contributed by atoms with Crippen LogP contribution in [0.1, 0.15) is 31.5 Å². The molecule has 0 aliphatic heterocycles. The molecule has 2 atom stereocenters. The van der Waals surface area contributed by atoms with Crippen LogP contribution in [0.4, 0.5) is 4.79 Å². The number of aliphatic hydroxyl groups is 1. The predicted octanol–water partition coefficient (Wildman–Crippen LogP) is 2.30. The Kier molecular flexibility index (Phi) is 5.35. The maximum Gasteiger partial charge on any atom is 0.317 e. The number of aromatic amines is 1. The van der Waals surface area contributed by atoms with Crippen LogP contribution in [-0.4, -0.2) is 52.2 Å². The molecule has 24 heavy (non-hydrogen) atoms. The number of aryl methyl sites for hydroxylation is 1. The van der Waals surface area contributed by atoms with Crippen LogP contribution in [0.2, 0.25) is 0 Å². The first-order valence-corrected chi connectivity index (χ1v) is 8.74. The van der Waals surface area contributed by atoms with Gasteiger partial charge in [0.25, 0.3) is 0 Å². The molecule has 0 unspecified atom stereocenters. The molecule has 2 amide bonds. The number of nitrogens with zero attached hydrogens (tertiary/aromatic N) is 2. The number of rotatable bonds is 6. The molecule has 3 N–H and O–H groups in total. The maximum atomic E-state index is 12.1. The Labute approximate surface area is 142 Å². The third-order valence-corrected chi connectivity index (χ3v) is 4.78. The van der Waals surface area contributed by atoms with Crippen LogP contribution in [-0.2, 0) is 6.42 Å². The van der Waals surface area contributed by atoms with Gasteiger partial charge in [0, 0.05) is 32.5 Å². The third kappa shape index (κ3) is 4.06. The Morgan fingerprint density at radius 3 is 3.00 bits per heavy atom. The molecule has 3 rings (SSSR count). The van der Waals surface area contributed by atoms with Crippen molar-refractivity contribution in [3.63, 3.8) is 0 Å². The minimum atomic E-state index is -0.256. The van der Waals surface area contributed by atoms with E-state index in [-0.39, 0.29) is 18.1 Å². The van der Waals surface area contributed by atoms with Gasteiger partial charge < -0.3 is 20.3 Å². The number of carbonyl (C=O) groups is 1. The van der Waals surface area contributed by atoms with Crippen molar-refractivity contribution in [2.75, 3.05) is 20.1 Å². The molecule has 1 heterocycles. The highest BCUT2D eigenvalue weighted by atomic mass is 16.3. The van der Waals surface area contributed by atoms with Gasteiger partial charge >= 0.3 is 6.03 Å². The summed E-state index contributed by atoms with van der Waals surface area (Å²) in [6.07, 6.45) is 4.31. The zero-order chi connectivity index (χ0) is 16.9. The number of fused-ring (bicyclic) bond motifs is 1. The van der Waals surface area contributed by atoms with Crippen LogP contribution < -0.4 is 5.32 Å². The number of H-pyrrole nitrogens is 1. The first-order chi connectivity index (χ1) is 11.6. The van der Waals surface area contributed by atoms with Gasteiger partial charge in [-0.05, 0) is 31.4 Å². The van der Waals surface area contributed by atoms with E-state index in [1.165, 1.54) is 0 Å². The Bertz CT molecular complexity index is 651. The van der Waals surface area contributed by atoms with Crippen molar-refractivity contribution >= 4 is 17.1 Å². The molecule has 1 saturated carbocycles. The molecule has 6 heteroatoms. The molecule has 2 aromatic rings. The number of carbonyl (C=O) groups excluding carboxylic acids is 1. The molecule has 0 radical (unpaired) electrons. The van der Waals surface area contributed by atoms with Gasteiger partial charge in [0.05, 0.1) is 17.1 Å². The molecule has 1 aromatic carbocycles. The summed E-state index contributed by atoms with van der Waals surface area (Å²) in [6, 6.07) is 7.90. The molecular formula is C18H26N4O2. The van der Waals surface area contributed by atoms with Crippen LogP contribution in [0.3, 0.4) is 0 Å². The summed E-state index contributed by atoms with van der Waals surface area (Å²) in [4.78, 5) is 21.6. The molecule has 0 spiro atoms. The summed E-state index contributed by atoms with van der Waals surface area (Å²) < 4.78 is 0. The zero-order valence-electron chi connectivity index (χ0n) is 14.2. The highest BCUT2D eigenvalue weighted by Crippen LogP contribution is 2.25. The van der Waals surface area contributed by atoms with E-state index in [1.54, 1.807) is 11.9 Å². The second-order valence-electron chi connectivity index (χ2n) is 6.67. The lowest BCUT2D eigenvalue weighted by Crippen LogP contribution is -2.41. The van der Waals surface area contributed by atoms with Crippen LogP contribution >= 0.6 is 0 Å². The number of aliphatic hydroxyl groups excluding tert-OH is 1. The Balaban J connectivity index is 1.38. The van der Waals surface area contributed by atoms with Crippen molar-refractivity contribution in [2.24, 2.45) is 5.92 Å². The minimum absolute atomic E-state index is 0.0706. The van der Waals surface area contributed by atoms with E-state index in [0.717, 1.165) is 49.0 Å². The minimum Gasteiger partial charge on any atom is -0.393 e. The van der Waals surface area contributed by atoms with Crippen LogP contribution in [0.5, 0.6) is 0 Å². The lowest BCUT2D eigenvalue weighted by molar-refractivity contribution is 0.114. The lowest BCUT2D eigenvalue weighted by Gasteiger charge is -2.23. The number of para-hydroxylation sites is 2. The second kappa shape index (κ2) is 7.66. The first kappa shape index (κ1) is 16.8. The average molecular weight is 330 g/mol. The molecule has 6 nitrogen and oxygen atoms in total. The summed E-state index contributed by atoms with van der Waals surface area (Å²) in [6.45, 7) is 1.24. The van der Waals surface area contributed by atoms with Gasteiger partial charge in [-0.3, -0.25) is 0 Å². The van der Waals surface area contributed by atoms with Crippen molar-refractivity contribution in [1.82, 2.24) is 20.2 Å². The van der Waals surface area contributed by atoms with E-state index in [9.17, 15) is 9.90 Å². The fourth-order valence-corrected chi connectivity index (χ4v) is 3.38. The van der Waals surface area contributed by atoms with E-state index >= 15 is 0 Å². The van der Waals surface area contributed by atoms with Gasteiger partial charge in [-0.25, -0.2) is 9.78 Å². The Hall–Kier alpha value is -2.08. The molecule has 1 aliphatic rings. The van der Waals surface area contributed by atoms with E-state index < -0.39 is 0 Å². The summed E-state index contributed by atoms with van der Waals surface area (Å²) in [5.41, 5.74) is 2.03. The zero-order valence-corrected chi connectivity index (χ0v) is 14.2. The van der Waals surface area contributed by atoms with E-state index in [2.05, 4.69) is 15.3 Å². The van der Waals surface area contributed by atoms with Crippen LogP contribution in [0.15, 0.2) is 24.3 Å². The monoisotopic (exact) mass is 330 g/mol. The molecule has 130 valence electrons. The van der Waals surface area contributed by atoms with E-state index in [0.29, 0.717) is 13.1 Å². The molecule has 1 fully saturated rings. The summed E-state index contributed by atoms with van der Waals surface area (Å²) >= 11 is 0. The molecule has 1 aromatic heterocycles. The van der Waals surface area contributed by atoms with Gasteiger partial charge in [-0.2, -0.15) is 0 Å². The highest BCUT2D eigenvalue weighted by molar-refractivity contribution is 5.75. The Morgan fingerprint density at radius 2 is 2.25 bits per heavy atom. The van der Waals surface area contributed by atoms with E-state index in [1.807, 2.05) is 24.3 Å². The Morgan fingerprint density at radius 1 is 1.42 bits per heavy atom. The van der Waals surface area contributed by atoms with Crippen LogP contribution in [0.25, 0.3) is 11.0 Å². The SMILES string of the molecule is CN(C[C@@H]1CCC[C@H]1O)C(=O)NCCCc1nc2ccccc2[nH]1. The number of hydrogen-bond acceptors (Lipinski definition) is 3. The number of hydrogen-bond donors (Lipinski definition) is 3. The molecule has 0 bridgehead atoms. The third-order valence-electron chi connectivity index (χ3n) is 4.78. The summed E-state index contributed by atoms with van der Waals surface area (Å²) in [7, 11) is 1.79. The van der Waals surface area contributed by atoms with Crippen molar-refractivity contribution in [3.05, 3.63) is 30.1 Å². The maximum absolute atomic E-state index is 12.1.